The van der Waals surface area contributed by atoms with Crippen LogP contribution in [0.3, 0.4) is 0 Å². The molecule has 2 aromatic heterocycles. The largest absolute Gasteiger partial charge is 0.481 e. The number of rotatable bonds is 4. The first kappa shape index (κ1) is 16.0. The number of nitrogens with zero attached hydrogens (tertiary/aromatic N) is 2. The number of methoxy groups -OCH3 is 1. The molecule has 5 heteroatoms. The normalized spacial score (nSPS) is 17.5. The summed E-state index contributed by atoms with van der Waals surface area (Å²) in [5.41, 5.74) is 2.38. The summed E-state index contributed by atoms with van der Waals surface area (Å²) in [4.78, 5) is 21.1. The van der Waals surface area contributed by atoms with E-state index in [-0.39, 0.29) is 5.91 Å². The molecule has 0 aliphatic carbocycles. The summed E-state index contributed by atoms with van der Waals surface area (Å²) in [6.07, 6.45) is 3.67. The average Bonchev–Trinajstić information content (AvgIpc) is 3.20. The van der Waals surface area contributed by atoms with E-state index >= 15 is 0 Å². The standard InChI is InChI=1S/C18H22N2O2S/c1-4-13-10-16(23-12(13)2)18(21)20-9-7-14(11-20)15-6-5-8-19-17(15)22-3/h5-6,8,10,14H,4,7,9,11H2,1-3H3. The monoisotopic (exact) mass is 330 g/mol. The average molecular weight is 330 g/mol. The number of carbonyl (C=O) groups excluding carboxylic acids is 1. The van der Waals surface area contributed by atoms with Gasteiger partial charge in [-0.15, -0.1) is 11.3 Å². The zero-order chi connectivity index (χ0) is 16.4. The molecular formula is C18H22N2O2S. The first-order chi connectivity index (χ1) is 11.1. The van der Waals surface area contributed by atoms with Crippen LogP contribution in [0.15, 0.2) is 24.4 Å². The summed E-state index contributed by atoms with van der Waals surface area (Å²) < 4.78 is 5.36. The summed E-state index contributed by atoms with van der Waals surface area (Å²) in [5, 5.41) is 0. The summed E-state index contributed by atoms with van der Waals surface area (Å²) >= 11 is 1.61. The third kappa shape index (κ3) is 3.11. The van der Waals surface area contributed by atoms with Gasteiger partial charge in [-0.25, -0.2) is 4.98 Å². The molecule has 0 spiro atoms. The molecule has 122 valence electrons. The van der Waals surface area contributed by atoms with Crippen molar-refractivity contribution >= 4 is 17.2 Å². The number of thiophene rings is 1. The first-order valence-corrected chi connectivity index (χ1v) is 8.83. The summed E-state index contributed by atoms with van der Waals surface area (Å²) in [6.45, 7) is 5.75. The lowest BCUT2D eigenvalue weighted by Crippen LogP contribution is -2.27. The number of carbonyl (C=O) groups is 1. The smallest absolute Gasteiger partial charge is 0.263 e. The van der Waals surface area contributed by atoms with Gasteiger partial charge in [-0.05, 0) is 37.5 Å². The van der Waals surface area contributed by atoms with Crippen LogP contribution in [0.1, 0.15) is 44.9 Å². The van der Waals surface area contributed by atoms with Gasteiger partial charge >= 0.3 is 0 Å². The lowest BCUT2D eigenvalue weighted by molar-refractivity contribution is 0.0795. The Kier molecular flexibility index (Phi) is 4.66. The number of hydrogen-bond donors (Lipinski definition) is 0. The molecule has 1 atom stereocenters. The maximum absolute atomic E-state index is 12.7. The molecule has 3 heterocycles. The second-order valence-corrected chi connectivity index (χ2v) is 7.14. The summed E-state index contributed by atoms with van der Waals surface area (Å²) in [5.74, 6) is 1.13. The van der Waals surface area contributed by atoms with Crippen molar-refractivity contribution in [3.05, 3.63) is 45.3 Å². The number of pyridine rings is 1. The Bertz CT molecular complexity index is 711. The molecule has 1 aliphatic heterocycles. The van der Waals surface area contributed by atoms with Gasteiger partial charge in [0.25, 0.3) is 5.91 Å². The van der Waals surface area contributed by atoms with Gasteiger partial charge in [0.05, 0.1) is 12.0 Å². The van der Waals surface area contributed by atoms with Crippen molar-refractivity contribution in [1.29, 1.82) is 0 Å². The van der Waals surface area contributed by atoms with Crippen molar-refractivity contribution in [2.75, 3.05) is 20.2 Å². The van der Waals surface area contributed by atoms with Crippen molar-refractivity contribution in [3.63, 3.8) is 0 Å². The van der Waals surface area contributed by atoms with E-state index in [4.69, 9.17) is 4.74 Å². The maximum Gasteiger partial charge on any atom is 0.263 e. The Hall–Kier alpha value is -1.88. The van der Waals surface area contributed by atoms with Crippen LogP contribution in [-0.4, -0.2) is 36.0 Å². The van der Waals surface area contributed by atoms with Gasteiger partial charge in [0, 0.05) is 35.6 Å². The molecule has 4 nitrogen and oxygen atoms in total. The van der Waals surface area contributed by atoms with Gasteiger partial charge in [-0.2, -0.15) is 0 Å². The lowest BCUT2D eigenvalue weighted by atomic mass is 10.00. The molecule has 1 fully saturated rings. The second kappa shape index (κ2) is 6.71. The molecule has 23 heavy (non-hydrogen) atoms. The van der Waals surface area contributed by atoms with Crippen LogP contribution in [0.2, 0.25) is 0 Å². The molecule has 0 saturated carbocycles. The van der Waals surface area contributed by atoms with E-state index in [2.05, 4.69) is 31.0 Å². The van der Waals surface area contributed by atoms with Crippen molar-refractivity contribution < 1.29 is 9.53 Å². The van der Waals surface area contributed by atoms with Crippen LogP contribution in [-0.2, 0) is 6.42 Å². The van der Waals surface area contributed by atoms with Crippen molar-refractivity contribution in [2.24, 2.45) is 0 Å². The Morgan fingerprint density at radius 2 is 2.35 bits per heavy atom. The number of ether oxygens (including phenoxy) is 1. The fraction of sp³-hybridized carbons (Fsp3) is 0.444. The molecular weight excluding hydrogens is 308 g/mol. The molecule has 0 radical (unpaired) electrons. The fourth-order valence-corrected chi connectivity index (χ4v) is 4.30. The van der Waals surface area contributed by atoms with Gasteiger partial charge in [-0.3, -0.25) is 4.79 Å². The number of amides is 1. The Morgan fingerprint density at radius 3 is 3.04 bits per heavy atom. The minimum absolute atomic E-state index is 0.156. The third-order valence-electron chi connectivity index (χ3n) is 4.52. The maximum atomic E-state index is 12.7. The predicted molar refractivity (Wildman–Crippen MR) is 92.5 cm³/mol. The number of aryl methyl sites for hydroxylation is 2. The third-order valence-corrected chi connectivity index (χ3v) is 5.60. The van der Waals surface area contributed by atoms with E-state index in [0.717, 1.165) is 36.4 Å². The van der Waals surface area contributed by atoms with E-state index < -0.39 is 0 Å². The quantitative estimate of drug-likeness (QED) is 0.859. The highest BCUT2D eigenvalue weighted by molar-refractivity contribution is 7.14. The van der Waals surface area contributed by atoms with Gasteiger partial charge < -0.3 is 9.64 Å². The molecule has 0 bridgehead atoms. The van der Waals surface area contributed by atoms with Crippen LogP contribution in [0.5, 0.6) is 5.88 Å². The summed E-state index contributed by atoms with van der Waals surface area (Å²) in [6, 6.07) is 6.04. The van der Waals surface area contributed by atoms with Gasteiger partial charge in [0.2, 0.25) is 5.88 Å². The Morgan fingerprint density at radius 1 is 1.52 bits per heavy atom. The van der Waals surface area contributed by atoms with Crippen LogP contribution in [0.4, 0.5) is 0 Å². The fourth-order valence-electron chi connectivity index (χ4n) is 3.22. The number of hydrogen-bond acceptors (Lipinski definition) is 4. The number of likely N-dealkylation sites (tertiary alicyclic amines) is 1. The molecule has 1 amide bonds. The van der Waals surface area contributed by atoms with E-state index in [1.165, 1.54) is 10.4 Å². The molecule has 0 N–H and O–H groups in total. The number of aromatic nitrogens is 1. The van der Waals surface area contributed by atoms with E-state index in [1.807, 2.05) is 11.0 Å². The Balaban J connectivity index is 1.75. The van der Waals surface area contributed by atoms with E-state index in [1.54, 1.807) is 24.6 Å². The van der Waals surface area contributed by atoms with E-state index in [9.17, 15) is 4.79 Å². The van der Waals surface area contributed by atoms with Crippen molar-refractivity contribution in [2.45, 2.75) is 32.6 Å². The van der Waals surface area contributed by atoms with E-state index in [0.29, 0.717) is 11.8 Å². The minimum atomic E-state index is 0.156. The highest BCUT2D eigenvalue weighted by Gasteiger charge is 2.30. The molecule has 1 aliphatic rings. The molecule has 0 aromatic carbocycles. The molecule has 1 saturated heterocycles. The lowest BCUT2D eigenvalue weighted by Gasteiger charge is -2.16. The molecule has 3 rings (SSSR count). The van der Waals surface area contributed by atoms with Gasteiger partial charge in [0.1, 0.15) is 0 Å². The zero-order valence-corrected chi connectivity index (χ0v) is 14.7. The topological polar surface area (TPSA) is 42.4 Å². The predicted octanol–water partition coefficient (Wildman–Crippen LogP) is 3.65. The van der Waals surface area contributed by atoms with Gasteiger partial charge in [0.15, 0.2) is 0 Å². The Labute approximate surface area is 141 Å². The first-order valence-electron chi connectivity index (χ1n) is 8.01. The minimum Gasteiger partial charge on any atom is -0.481 e. The zero-order valence-electron chi connectivity index (χ0n) is 13.8. The highest BCUT2D eigenvalue weighted by Crippen LogP contribution is 2.33. The van der Waals surface area contributed by atoms with Crippen molar-refractivity contribution in [3.8, 4) is 5.88 Å². The molecule has 2 aromatic rings. The van der Waals surface area contributed by atoms with Crippen LogP contribution in [0, 0.1) is 6.92 Å². The van der Waals surface area contributed by atoms with Crippen LogP contribution < -0.4 is 4.74 Å². The highest BCUT2D eigenvalue weighted by atomic mass is 32.1. The van der Waals surface area contributed by atoms with Crippen LogP contribution >= 0.6 is 11.3 Å². The van der Waals surface area contributed by atoms with Gasteiger partial charge in [-0.1, -0.05) is 13.0 Å². The molecule has 1 unspecified atom stereocenters. The van der Waals surface area contributed by atoms with Crippen LogP contribution in [0.25, 0.3) is 0 Å². The second-order valence-electron chi connectivity index (χ2n) is 5.88. The van der Waals surface area contributed by atoms with Crippen molar-refractivity contribution in [1.82, 2.24) is 9.88 Å². The summed E-state index contributed by atoms with van der Waals surface area (Å²) in [7, 11) is 1.64. The SMILES string of the molecule is CCc1cc(C(=O)N2CCC(c3cccnc3OC)C2)sc1C.